The quantitative estimate of drug-likeness (QED) is 0.649. The van der Waals surface area contributed by atoms with Gasteiger partial charge in [-0.2, -0.15) is 9.36 Å². The van der Waals surface area contributed by atoms with Gasteiger partial charge in [-0.1, -0.05) is 0 Å². The number of thioether (sulfide) groups is 1. The van der Waals surface area contributed by atoms with E-state index in [0.29, 0.717) is 4.34 Å². The molecule has 8 heteroatoms. The maximum atomic E-state index is 10.8. The fourth-order valence-electron chi connectivity index (χ4n) is 0.583. The van der Waals surface area contributed by atoms with Gasteiger partial charge in [-0.15, -0.1) is 11.6 Å². The third-order valence-corrected chi connectivity index (χ3v) is 2.79. The lowest BCUT2D eigenvalue weighted by molar-refractivity contribution is -0.114. The van der Waals surface area contributed by atoms with Crippen LogP contribution in [0.25, 0.3) is 0 Å². The molecule has 0 aliphatic heterocycles. The standard InChI is InChI=1S/C6H6ClN3O2S2/c1-3(11)13-6-9-5(10-14-6)8-4(12)2-7/h2H2,1H3,(H,8,10,12). The maximum absolute atomic E-state index is 10.8. The van der Waals surface area contributed by atoms with E-state index in [1.165, 1.54) is 6.92 Å². The number of alkyl halides is 1. The lowest BCUT2D eigenvalue weighted by Gasteiger charge is -1.93. The second kappa shape index (κ2) is 5.28. The maximum Gasteiger partial charge on any atom is 0.242 e. The average Bonchev–Trinajstić information content (AvgIpc) is 2.51. The Balaban J connectivity index is 2.59. The van der Waals surface area contributed by atoms with Crippen molar-refractivity contribution in [2.24, 2.45) is 0 Å². The summed E-state index contributed by atoms with van der Waals surface area (Å²) in [6, 6.07) is 0. The van der Waals surface area contributed by atoms with Crippen LogP contribution in [-0.4, -0.2) is 26.3 Å². The summed E-state index contributed by atoms with van der Waals surface area (Å²) in [6.45, 7) is 1.43. The molecule has 14 heavy (non-hydrogen) atoms. The Hall–Kier alpha value is -0.660. The van der Waals surface area contributed by atoms with E-state index in [2.05, 4.69) is 14.7 Å². The molecule has 0 aromatic carbocycles. The third kappa shape index (κ3) is 3.60. The smallest absolute Gasteiger partial charge is 0.242 e. The van der Waals surface area contributed by atoms with Crippen molar-refractivity contribution in [2.75, 3.05) is 11.2 Å². The number of rotatable bonds is 3. The number of amides is 1. The van der Waals surface area contributed by atoms with E-state index in [0.717, 1.165) is 23.3 Å². The fourth-order valence-corrected chi connectivity index (χ4v) is 2.02. The summed E-state index contributed by atoms with van der Waals surface area (Å²) >= 11 is 7.30. The van der Waals surface area contributed by atoms with E-state index in [1.54, 1.807) is 0 Å². The summed E-state index contributed by atoms with van der Waals surface area (Å²) in [4.78, 5) is 25.4. The van der Waals surface area contributed by atoms with E-state index < -0.39 is 0 Å². The van der Waals surface area contributed by atoms with Gasteiger partial charge in [0, 0.05) is 6.92 Å². The van der Waals surface area contributed by atoms with Crippen LogP contribution in [-0.2, 0) is 9.59 Å². The molecular weight excluding hydrogens is 246 g/mol. The number of hydrogen-bond acceptors (Lipinski definition) is 6. The molecule has 0 aliphatic rings. The molecule has 1 amide bonds. The summed E-state index contributed by atoms with van der Waals surface area (Å²) in [7, 11) is 0. The van der Waals surface area contributed by atoms with E-state index in [1.807, 2.05) is 0 Å². The molecule has 0 atom stereocenters. The zero-order valence-electron chi connectivity index (χ0n) is 7.11. The van der Waals surface area contributed by atoms with Crippen LogP contribution in [0.4, 0.5) is 5.95 Å². The monoisotopic (exact) mass is 251 g/mol. The molecule has 0 bridgehead atoms. The summed E-state index contributed by atoms with van der Waals surface area (Å²) in [5.41, 5.74) is 0. The van der Waals surface area contributed by atoms with Crippen LogP contribution in [0, 0.1) is 0 Å². The lowest BCUT2D eigenvalue weighted by atomic mass is 10.7. The van der Waals surface area contributed by atoms with Gasteiger partial charge in [-0.3, -0.25) is 14.9 Å². The molecule has 0 radical (unpaired) electrons. The van der Waals surface area contributed by atoms with E-state index >= 15 is 0 Å². The van der Waals surface area contributed by atoms with Crippen molar-refractivity contribution in [2.45, 2.75) is 11.3 Å². The molecule has 1 aromatic heterocycles. The Bertz CT molecular complexity index is 355. The van der Waals surface area contributed by atoms with Crippen LogP contribution in [0.2, 0.25) is 0 Å². The second-order valence-electron chi connectivity index (χ2n) is 2.16. The van der Waals surface area contributed by atoms with Crippen molar-refractivity contribution in [1.29, 1.82) is 0 Å². The highest BCUT2D eigenvalue weighted by Gasteiger charge is 2.08. The number of aromatic nitrogens is 2. The first-order valence-electron chi connectivity index (χ1n) is 3.49. The summed E-state index contributed by atoms with van der Waals surface area (Å²) in [5, 5.41) is 2.31. The van der Waals surface area contributed by atoms with Gasteiger partial charge in [0.2, 0.25) is 11.9 Å². The molecule has 0 spiro atoms. The molecule has 5 nitrogen and oxygen atoms in total. The van der Waals surface area contributed by atoms with Gasteiger partial charge >= 0.3 is 0 Å². The fraction of sp³-hybridized carbons (Fsp3) is 0.333. The molecule has 0 unspecified atom stereocenters. The SMILES string of the molecule is CC(=O)Sc1nc(NC(=O)CCl)ns1. The molecular formula is C6H6ClN3O2S2. The normalized spacial score (nSPS) is 9.86. The molecule has 1 heterocycles. The highest BCUT2D eigenvalue weighted by molar-refractivity contribution is 8.14. The van der Waals surface area contributed by atoms with Crippen molar-refractivity contribution >= 4 is 51.9 Å². The van der Waals surface area contributed by atoms with Gasteiger partial charge in [-0.05, 0) is 23.3 Å². The Morgan fingerprint density at radius 2 is 2.36 bits per heavy atom. The highest BCUT2D eigenvalue weighted by Crippen LogP contribution is 2.22. The Labute approximate surface area is 93.4 Å². The molecule has 0 fully saturated rings. The number of anilines is 1. The Kier molecular flexibility index (Phi) is 4.30. The molecule has 76 valence electrons. The van der Waals surface area contributed by atoms with Crippen molar-refractivity contribution in [3.8, 4) is 0 Å². The zero-order chi connectivity index (χ0) is 10.6. The van der Waals surface area contributed by atoms with E-state index in [-0.39, 0.29) is 22.9 Å². The molecule has 1 rings (SSSR count). The summed E-state index contributed by atoms with van der Waals surface area (Å²) in [6.07, 6.45) is 0. The van der Waals surface area contributed by atoms with Crippen LogP contribution < -0.4 is 5.32 Å². The van der Waals surface area contributed by atoms with Gasteiger partial charge in [-0.25, -0.2) is 0 Å². The first kappa shape index (κ1) is 11.4. The van der Waals surface area contributed by atoms with Crippen molar-refractivity contribution < 1.29 is 9.59 Å². The first-order chi connectivity index (χ1) is 6.61. The number of carbonyl (C=O) groups is 2. The van der Waals surface area contributed by atoms with Crippen molar-refractivity contribution in [3.63, 3.8) is 0 Å². The summed E-state index contributed by atoms with van der Waals surface area (Å²) in [5.74, 6) is -0.331. The largest absolute Gasteiger partial charge is 0.293 e. The van der Waals surface area contributed by atoms with Crippen LogP contribution in [0.5, 0.6) is 0 Å². The minimum atomic E-state index is -0.371. The minimum absolute atomic E-state index is 0.0728. The van der Waals surface area contributed by atoms with Gasteiger partial charge in [0.1, 0.15) is 5.88 Å². The molecule has 0 saturated heterocycles. The van der Waals surface area contributed by atoms with E-state index in [4.69, 9.17) is 11.6 Å². The van der Waals surface area contributed by atoms with Crippen LogP contribution in [0.3, 0.4) is 0 Å². The van der Waals surface area contributed by atoms with Gasteiger partial charge in [0.05, 0.1) is 0 Å². The zero-order valence-corrected chi connectivity index (χ0v) is 9.50. The number of nitrogens with one attached hydrogen (secondary N) is 1. The first-order valence-corrected chi connectivity index (χ1v) is 5.62. The number of hydrogen-bond donors (Lipinski definition) is 1. The molecule has 0 aliphatic carbocycles. The molecule has 1 N–H and O–H groups in total. The third-order valence-electron chi connectivity index (χ3n) is 1.01. The molecule has 0 saturated carbocycles. The van der Waals surface area contributed by atoms with Crippen LogP contribution in [0.15, 0.2) is 4.34 Å². The van der Waals surface area contributed by atoms with Crippen LogP contribution in [0.1, 0.15) is 6.92 Å². The second-order valence-corrected chi connectivity index (χ2v) is 4.60. The topological polar surface area (TPSA) is 72.0 Å². The minimum Gasteiger partial charge on any atom is -0.293 e. The highest BCUT2D eigenvalue weighted by atomic mass is 35.5. The predicted octanol–water partition coefficient (Wildman–Crippen LogP) is 1.35. The summed E-state index contributed by atoms with van der Waals surface area (Å²) < 4.78 is 4.33. The van der Waals surface area contributed by atoms with Crippen molar-refractivity contribution in [3.05, 3.63) is 0 Å². The number of halogens is 1. The van der Waals surface area contributed by atoms with Crippen molar-refractivity contribution in [1.82, 2.24) is 9.36 Å². The predicted molar refractivity (Wildman–Crippen MR) is 55.8 cm³/mol. The van der Waals surface area contributed by atoms with Crippen LogP contribution >= 0.6 is 34.9 Å². The Morgan fingerprint density at radius 1 is 1.64 bits per heavy atom. The lowest BCUT2D eigenvalue weighted by Crippen LogP contribution is -2.13. The number of nitrogens with zero attached hydrogens (tertiary/aromatic N) is 2. The van der Waals surface area contributed by atoms with E-state index in [9.17, 15) is 9.59 Å². The molecule has 1 aromatic rings. The Morgan fingerprint density at radius 3 is 2.93 bits per heavy atom. The average molecular weight is 252 g/mol. The van der Waals surface area contributed by atoms with Gasteiger partial charge < -0.3 is 0 Å². The number of carbonyl (C=O) groups excluding carboxylic acids is 2. The van der Waals surface area contributed by atoms with Gasteiger partial charge in [0.25, 0.3) is 0 Å². The van der Waals surface area contributed by atoms with Gasteiger partial charge in [0.15, 0.2) is 9.45 Å².